The summed E-state index contributed by atoms with van der Waals surface area (Å²) in [5.74, 6) is 0.988. The molecule has 1 heterocycles. The van der Waals surface area contributed by atoms with Gasteiger partial charge in [0.25, 0.3) is 0 Å². The lowest BCUT2D eigenvalue weighted by Crippen LogP contribution is -3.20. The van der Waals surface area contributed by atoms with Gasteiger partial charge in [-0.1, -0.05) is 30.3 Å². The van der Waals surface area contributed by atoms with Crippen molar-refractivity contribution in [3.05, 3.63) is 42.5 Å². The van der Waals surface area contributed by atoms with Crippen molar-refractivity contribution in [2.24, 2.45) is 0 Å². The SMILES string of the molecule is c1ccc2cc(OCC[NH+]3CC[NH2+]CC3)ccc2c1. The average molecular weight is 258 g/mol. The van der Waals surface area contributed by atoms with Gasteiger partial charge in [0.1, 0.15) is 45.1 Å². The van der Waals surface area contributed by atoms with Gasteiger partial charge in [-0.05, 0) is 22.9 Å². The molecule has 1 aliphatic heterocycles. The lowest BCUT2D eigenvalue weighted by Gasteiger charge is -2.22. The highest BCUT2D eigenvalue weighted by Gasteiger charge is 2.14. The summed E-state index contributed by atoms with van der Waals surface area (Å²) in [6, 6.07) is 14.7. The van der Waals surface area contributed by atoms with Crippen molar-refractivity contribution in [1.29, 1.82) is 0 Å². The van der Waals surface area contributed by atoms with Crippen molar-refractivity contribution in [3.63, 3.8) is 0 Å². The zero-order valence-corrected chi connectivity index (χ0v) is 11.3. The molecule has 100 valence electrons. The molecular formula is C16H22N2O+2. The second-order valence-electron chi connectivity index (χ2n) is 5.22. The molecular weight excluding hydrogens is 236 g/mol. The molecule has 3 heteroatoms. The molecule has 0 saturated carbocycles. The molecule has 0 aliphatic carbocycles. The molecule has 1 fully saturated rings. The lowest BCUT2D eigenvalue weighted by atomic mass is 10.1. The van der Waals surface area contributed by atoms with Crippen LogP contribution in [0.5, 0.6) is 5.75 Å². The molecule has 2 aromatic carbocycles. The minimum atomic E-state index is 0.813. The van der Waals surface area contributed by atoms with Gasteiger partial charge in [0.15, 0.2) is 0 Å². The third kappa shape index (κ3) is 3.25. The van der Waals surface area contributed by atoms with E-state index in [9.17, 15) is 0 Å². The largest absolute Gasteiger partial charge is 0.488 e. The van der Waals surface area contributed by atoms with E-state index in [1.807, 2.05) is 0 Å². The monoisotopic (exact) mass is 258 g/mol. The molecule has 0 amide bonds. The third-order valence-corrected chi connectivity index (χ3v) is 3.85. The first kappa shape index (κ1) is 12.5. The Morgan fingerprint density at radius 2 is 1.79 bits per heavy atom. The maximum atomic E-state index is 5.89. The molecule has 0 bridgehead atoms. The minimum Gasteiger partial charge on any atom is -0.488 e. The Bertz CT molecular complexity index is 535. The van der Waals surface area contributed by atoms with E-state index in [4.69, 9.17) is 4.74 Å². The van der Waals surface area contributed by atoms with Gasteiger partial charge in [-0.25, -0.2) is 0 Å². The number of ether oxygens (including phenoxy) is 1. The smallest absolute Gasteiger partial charge is 0.137 e. The van der Waals surface area contributed by atoms with Gasteiger partial charge >= 0.3 is 0 Å². The average Bonchev–Trinajstić information content (AvgIpc) is 2.48. The molecule has 1 aliphatic rings. The summed E-state index contributed by atoms with van der Waals surface area (Å²) in [6.07, 6.45) is 0. The number of hydrogen-bond acceptors (Lipinski definition) is 1. The zero-order valence-electron chi connectivity index (χ0n) is 11.3. The molecule has 0 spiro atoms. The van der Waals surface area contributed by atoms with Crippen LogP contribution in [-0.2, 0) is 0 Å². The molecule has 0 aromatic heterocycles. The van der Waals surface area contributed by atoms with Gasteiger partial charge in [-0.3, -0.25) is 0 Å². The Morgan fingerprint density at radius 1 is 1.00 bits per heavy atom. The first-order valence-corrected chi connectivity index (χ1v) is 7.19. The molecule has 19 heavy (non-hydrogen) atoms. The van der Waals surface area contributed by atoms with Crippen molar-refractivity contribution in [1.82, 2.24) is 0 Å². The van der Waals surface area contributed by atoms with E-state index >= 15 is 0 Å². The summed E-state index contributed by atoms with van der Waals surface area (Å²) in [6.45, 7) is 6.97. The van der Waals surface area contributed by atoms with Gasteiger partial charge in [-0.2, -0.15) is 0 Å². The van der Waals surface area contributed by atoms with Crippen LogP contribution in [0.1, 0.15) is 0 Å². The fourth-order valence-corrected chi connectivity index (χ4v) is 2.70. The topological polar surface area (TPSA) is 30.3 Å². The first-order chi connectivity index (χ1) is 9.42. The van der Waals surface area contributed by atoms with E-state index in [-0.39, 0.29) is 0 Å². The second kappa shape index (κ2) is 6.04. The predicted octanol–water partition coefficient (Wildman–Crippen LogP) is -0.319. The van der Waals surface area contributed by atoms with Gasteiger partial charge in [0, 0.05) is 0 Å². The number of benzene rings is 2. The molecule has 3 N–H and O–H groups in total. The van der Waals surface area contributed by atoms with Crippen molar-refractivity contribution in [2.75, 3.05) is 39.3 Å². The Hall–Kier alpha value is -1.58. The van der Waals surface area contributed by atoms with Crippen LogP contribution >= 0.6 is 0 Å². The van der Waals surface area contributed by atoms with Crippen LogP contribution < -0.4 is 15.0 Å². The van der Waals surface area contributed by atoms with Crippen LogP contribution in [0.4, 0.5) is 0 Å². The molecule has 2 aromatic rings. The van der Waals surface area contributed by atoms with Crippen LogP contribution in [0.25, 0.3) is 10.8 Å². The quantitative estimate of drug-likeness (QED) is 0.774. The van der Waals surface area contributed by atoms with E-state index in [0.29, 0.717) is 0 Å². The molecule has 0 unspecified atom stereocenters. The zero-order chi connectivity index (χ0) is 12.9. The van der Waals surface area contributed by atoms with Gasteiger partial charge in [0.05, 0.1) is 0 Å². The highest BCUT2D eigenvalue weighted by Crippen LogP contribution is 2.20. The van der Waals surface area contributed by atoms with Crippen molar-refractivity contribution in [2.45, 2.75) is 0 Å². The summed E-state index contributed by atoms with van der Waals surface area (Å²) in [7, 11) is 0. The minimum absolute atomic E-state index is 0.813. The van der Waals surface area contributed by atoms with Crippen LogP contribution in [0, 0.1) is 0 Å². The molecule has 3 rings (SSSR count). The summed E-state index contributed by atoms with van der Waals surface area (Å²) in [4.78, 5) is 1.67. The summed E-state index contributed by atoms with van der Waals surface area (Å²) in [5, 5.41) is 4.92. The van der Waals surface area contributed by atoms with Gasteiger partial charge < -0.3 is 15.0 Å². The number of rotatable bonds is 4. The summed E-state index contributed by atoms with van der Waals surface area (Å²) < 4.78 is 5.89. The molecule has 1 saturated heterocycles. The van der Waals surface area contributed by atoms with Crippen LogP contribution in [0.15, 0.2) is 42.5 Å². The molecule has 3 nitrogen and oxygen atoms in total. The highest BCUT2D eigenvalue weighted by atomic mass is 16.5. The standard InChI is InChI=1S/C16H20N2O/c1-2-4-15-13-16(6-5-14(15)3-1)19-12-11-18-9-7-17-8-10-18/h1-6,13,17H,7-12H2/p+2. The highest BCUT2D eigenvalue weighted by molar-refractivity contribution is 5.83. The fraction of sp³-hybridized carbons (Fsp3) is 0.375. The third-order valence-electron chi connectivity index (χ3n) is 3.85. The summed E-state index contributed by atoms with van der Waals surface area (Å²) >= 11 is 0. The predicted molar refractivity (Wildman–Crippen MR) is 76.7 cm³/mol. The van der Waals surface area contributed by atoms with Crippen molar-refractivity contribution >= 4 is 10.8 Å². The normalized spacial score (nSPS) is 16.6. The number of nitrogens with two attached hydrogens (primary N) is 1. The van der Waals surface area contributed by atoms with E-state index in [2.05, 4.69) is 47.8 Å². The number of fused-ring (bicyclic) bond motifs is 1. The second-order valence-corrected chi connectivity index (χ2v) is 5.22. The number of piperazine rings is 1. The molecule has 0 radical (unpaired) electrons. The Labute approximate surface area is 114 Å². The lowest BCUT2D eigenvalue weighted by molar-refractivity contribution is -0.946. The maximum absolute atomic E-state index is 5.89. The van der Waals surface area contributed by atoms with E-state index in [0.717, 1.165) is 18.9 Å². The van der Waals surface area contributed by atoms with Crippen molar-refractivity contribution in [3.8, 4) is 5.75 Å². The summed E-state index contributed by atoms with van der Waals surface area (Å²) in [5.41, 5.74) is 0. The molecule has 0 atom stereocenters. The Kier molecular flexibility index (Phi) is 3.96. The van der Waals surface area contributed by atoms with Crippen LogP contribution in [0.3, 0.4) is 0 Å². The van der Waals surface area contributed by atoms with E-state index in [1.165, 1.54) is 37.0 Å². The van der Waals surface area contributed by atoms with Crippen LogP contribution in [0.2, 0.25) is 0 Å². The number of hydrogen-bond donors (Lipinski definition) is 2. The first-order valence-electron chi connectivity index (χ1n) is 7.19. The number of quaternary nitrogens is 2. The van der Waals surface area contributed by atoms with E-state index in [1.54, 1.807) is 4.90 Å². The fourth-order valence-electron chi connectivity index (χ4n) is 2.70. The van der Waals surface area contributed by atoms with Gasteiger partial charge in [-0.15, -0.1) is 0 Å². The Balaban J connectivity index is 1.56. The van der Waals surface area contributed by atoms with Crippen LogP contribution in [-0.4, -0.2) is 39.3 Å². The maximum Gasteiger partial charge on any atom is 0.137 e. The Morgan fingerprint density at radius 3 is 2.63 bits per heavy atom. The van der Waals surface area contributed by atoms with E-state index < -0.39 is 0 Å². The van der Waals surface area contributed by atoms with Crippen molar-refractivity contribution < 1.29 is 15.0 Å². The van der Waals surface area contributed by atoms with Gasteiger partial charge in [0.2, 0.25) is 0 Å². The number of nitrogens with one attached hydrogen (secondary N) is 1.